The molecule has 0 aromatic heterocycles. The second-order valence-corrected chi connectivity index (χ2v) is 7.25. The zero-order valence-corrected chi connectivity index (χ0v) is 11.3. The van der Waals surface area contributed by atoms with Gasteiger partial charge in [0, 0.05) is 0 Å². The average Bonchev–Trinajstić information content (AvgIpc) is 2.97. The van der Waals surface area contributed by atoms with Crippen LogP contribution in [0.3, 0.4) is 0 Å². The fourth-order valence-corrected chi connectivity index (χ4v) is 3.62. The first-order valence-electron chi connectivity index (χ1n) is 7.14. The van der Waals surface area contributed by atoms with Crippen molar-refractivity contribution in [3.63, 3.8) is 0 Å². The van der Waals surface area contributed by atoms with Crippen molar-refractivity contribution < 1.29 is 5.11 Å². The van der Waals surface area contributed by atoms with E-state index < -0.39 is 0 Å². The molecule has 0 spiro atoms. The lowest BCUT2D eigenvalue weighted by molar-refractivity contribution is -0.0965. The Labute approximate surface area is 101 Å². The van der Waals surface area contributed by atoms with E-state index in [1.807, 2.05) is 0 Å². The van der Waals surface area contributed by atoms with Gasteiger partial charge in [-0.1, -0.05) is 46.5 Å². The topological polar surface area (TPSA) is 20.2 Å². The highest BCUT2D eigenvalue weighted by Gasteiger charge is 2.44. The van der Waals surface area contributed by atoms with Gasteiger partial charge in [0.1, 0.15) is 0 Å². The van der Waals surface area contributed by atoms with E-state index in [0.29, 0.717) is 5.92 Å². The molecule has 0 aromatic rings. The van der Waals surface area contributed by atoms with E-state index in [1.165, 1.54) is 38.5 Å². The van der Waals surface area contributed by atoms with E-state index in [1.54, 1.807) is 0 Å². The Morgan fingerprint density at radius 1 is 1.12 bits per heavy atom. The van der Waals surface area contributed by atoms with Crippen molar-refractivity contribution in [3.8, 4) is 0 Å². The van der Waals surface area contributed by atoms with E-state index in [4.69, 9.17) is 0 Å². The second kappa shape index (κ2) is 4.33. The maximum absolute atomic E-state index is 10.9. The minimum Gasteiger partial charge on any atom is -0.390 e. The highest BCUT2D eigenvalue weighted by molar-refractivity contribution is 4.96. The summed E-state index contributed by atoms with van der Waals surface area (Å²) in [6.45, 7) is 6.89. The molecule has 16 heavy (non-hydrogen) atoms. The smallest absolute Gasteiger partial charge is 0.0680 e. The van der Waals surface area contributed by atoms with Crippen LogP contribution in [0.5, 0.6) is 0 Å². The maximum Gasteiger partial charge on any atom is 0.0680 e. The van der Waals surface area contributed by atoms with Gasteiger partial charge < -0.3 is 5.11 Å². The standard InChI is InChI=1S/C15H28O/c1-14(2,3)13-6-4-5-10-15(13,16)11-9-12-7-8-12/h12-13,16H,4-11H2,1-3H3. The van der Waals surface area contributed by atoms with Crippen molar-refractivity contribution in [2.24, 2.45) is 17.3 Å². The molecule has 2 aliphatic carbocycles. The molecule has 1 nitrogen and oxygen atoms in total. The van der Waals surface area contributed by atoms with Gasteiger partial charge in [-0.3, -0.25) is 0 Å². The molecule has 2 aliphatic rings. The minimum atomic E-state index is -0.348. The van der Waals surface area contributed by atoms with Crippen LogP contribution in [-0.2, 0) is 0 Å². The van der Waals surface area contributed by atoms with E-state index in [2.05, 4.69) is 20.8 Å². The summed E-state index contributed by atoms with van der Waals surface area (Å²) in [5.74, 6) is 1.46. The van der Waals surface area contributed by atoms with Gasteiger partial charge in [0.05, 0.1) is 5.60 Å². The molecular weight excluding hydrogens is 196 g/mol. The van der Waals surface area contributed by atoms with E-state index >= 15 is 0 Å². The molecule has 2 rings (SSSR count). The van der Waals surface area contributed by atoms with Gasteiger partial charge in [0.25, 0.3) is 0 Å². The summed E-state index contributed by atoms with van der Waals surface area (Å²) >= 11 is 0. The SMILES string of the molecule is CC(C)(C)C1CCCCC1(O)CCC1CC1. The fraction of sp³-hybridized carbons (Fsp3) is 1.00. The van der Waals surface area contributed by atoms with Crippen LogP contribution in [0.15, 0.2) is 0 Å². The normalized spacial score (nSPS) is 36.4. The molecule has 1 heteroatoms. The molecule has 2 atom stereocenters. The van der Waals surface area contributed by atoms with Gasteiger partial charge in [-0.2, -0.15) is 0 Å². The van der Waals surface area contributed by atoms with Crippen LogP contribution in [0.1, 0.15) is 72.1 Å². The zero-order valence-electron chi connectivity index (χ0n) is 11.3. The van der Waals surface area contributed by atoms with E-state index in [0.717, 1.165) is 18.8 Å². The fourth-order valence-electron chi connectivity index (χ4n) is 3.62. The van der Waals surface area contributed by atoms with Crippen LogP contribution in [0.4, 0.5) is 0 Å². The number of aliphatic hydroxyl groups is 1. The Morgan fingerprint density at radius 2 is 1.81 bits per heavy atom. The first-order valence-corrected chi connectivity index (χ1v) is 7.14. The molecular formula is C15H28O. The molecule has 94 valence electrons. The number of hydrogen-bond acceptors (Lipinski definition) is 1. The van der Waals surface area contributed by atoms with Gasteiger partial charge in [-0.05, 0) is 42.9 Å². The predicted octanol–water partition coefficient (Wildman–Crippen LogP) is 4.14. The van der Waals surface area contributed by atoms with Crippen LogP contribution >= 0.6 is 0 Å². The van der Waals surface area contributed by atoms with Crippen LogP contribution in [0.25, 0.3) is 0 Å². The van der Waals surface area contributed by atoms with Gasteiger partial charge in [-0.25, -0.2) is 0 Å². The Morgan fingerprint density at radius 3 is 2.38 bits per heavy atom. The molecule has 0 bridgehead atoms. The largest absolute Gasteiger partial charge is 0.390 e. The molecule has 0 amide bonds. The molecule has 2 unspecified atom stereocenters. The summed E-state index contributed by atoms with van der Waals surface area (Å²) < 4.78 is 0. The molecule has 0 heterocycles. The predicted molar refractivity (Wildman–Crippen MR) is 68.3 cm³/mol. The molecule has 2 saturated carbocycles. The van der Waals surface area contributed by atoms with Crippen LogP contribution in [-0.4, -0.2) is 10.7 Å². The van der Waals surface area contributed by atoms with Crippen molar-refractivity contribution in [2.75, 3.05) is 0 Å². The third-order valence-corrected chi connectivity index (χ3v) is 4.73. The molecule has 0 saturated heterocycles. The lowest BCUT2D eigenvalue weighted by Gasteiger charge is -2.47. The second-order valence-electron chi connectivity index (χ2n) is 7.25. The van der Waals surface area contributed by atoms with Crippen LogP contribution in [0.2, 0.25) is 0 Å². The maximum atomic E-state index is 10.9. The van der Waals surface area contributed by atoms with E-state index in [-0.39, 0.29) is 11.0 Å². The Hall–Kier alpha value is -0.0400. The summed E-state index contributed by atoms with van der Waals surface area (Å²) in [7, 11) is 0. The van der Waals surface area contributed by atoms with Gasteiger partial charge in [0.2, 0.25) is 0 Å². The van der Waals surface area contributed by atoms with Crippen LogP contribution in [0, 0.1) is 17.3 Å². The van der Waals surface area contributed by atoms with Crippen LogP contribution < -0.4 is 0 Å². The summed E-state index contributed by atoms with van der Waals surface area (Å²) in [5.41, 5.74) is -0.0855. The molecule has 0 radical (unpaired) electrons. The van der Waals surface area contributed by atoms with Crippen molar-refractivity contribution in [1.29, 1.82) is 0 Å². The van der Waals surface area contributed by atoms with Crippen molar-refractivity contribution in [1.82, 2.24) is 0 Å². The van der Waals surface area contributed by atoms with Gasteiger partial charge >= 0.3 is 0 Å². The summed E-state index contributed by atoms with van der Waals surface area (Å²) in [5, 5.41) is 10.9. The van der Waals surface area contributed by atoms with Gasteiger partial charge in [0.15, 0.2) is 0 Å². The minimum absolute atomic E-state index is 0.263. The Balaban J connectivity index is 2.00. The van der Waals surface area contributed by atoms with Crippen molar-refractivity contribution in [2.45, 2.75) is 77.7 Å². The summed E-state index contributed by atoms with van der Waals surface area (Å²) in [6.07, 6.45) is 9.96. The Bertz CT molecular complexity index is 236. The third kappa shape index (κ3) is 2.80. The number of rotatable bonds is 3. The van der Waals surface area contributed by atoms with Gasteiger partial charge in [-0.15, -0.1) is 0 Å². The molecule has 0 aliphatic heterocycles. The lowest BCUT2D eigenvalue weighted by atomic mass is 9.62. The van der Waals surface area contributed by atoms with E-state index in [9.17, 15) is 5.11 Å². The first-order chi connectivity index (χ1) is 7.42. The van der Waals surface area contributed by atoms with Crippen molar-refractivity contribution >= 4 is 0 Å². The Kier molecular flexibility index (Phi) is 3.36. The molecule has 1 N–H and O–H groups in total. The highest BCUT2D eigenvalue weighted by atomic mass is 16.3. The monoisotopic (exact) mass is 224 g/mol. The first kappa shape index (κ1) is 12.4. The van der Waals surface area contributed by atoms with Crippen molar-refractivity contribution in [3.05, 3.63) is 0 Å². The number of hydrogen-bond donors (Lipinski definition) is 1. The molecule has 0 aromatic carbocycles. The quantitative estimate of drug-likeness (QED) is 0.763. The zero-order chi connectivity index (χ0) is 11.8. The summed E-state index contributed by atoms with van der Waals surface area (Å²) in [6, 6.07) is 0. The third-order valence-electron chi connectivity index (χ3n) is 4.73. The summed E-state index contributed by atoms with van der Waals surface area (Å²) in [4.78, 5) is 0. The average molecular weight is 224 g/mol. The highest BCUT2D eigenvalue weighted by Crippen LogP contribution is 2.48. The lowest BCUT2D eigenvalue weighted by Crippen LogP contribution is -2.46. The molecule has 2 fully saturated rings.